The number of esters is 1. The topological polar surface area (TPSA) is 35.5 Å². The van der Waals surface area contributed by atoms with Crippen molar-refractivity contribution in [3.05, 3.63) is 29.3 Å². The molecule has 0 radical (unpaired) electrons. The van der Waals surface area contributed by atoms with Crippen LogP contribution in [-0.2, 0) is 11.2 Å². The molecule has 1 aromatic rings. The van der Waals surface area contributed by atoms with Crippen molar-refractivity contribution in [3.8, 4) is 5.75 Å². The fourth-order valence-corrected chi connectivity index (χ4v) is 1.97. The van der Waals surface area contributed by atoms with Gasteiger partial charge in [-0.25, -0.2) is 4.79 Å². The molecule has 4 heteroatoms. The highest BCUT2D eigenvalue weighted by atomic mass is 35.5. The number of halogens is 1. The molecule has 0 aliphatic carbocycles. The molecular weight excluding hydrogens is 228 g/mol. The first-order valence-corrected chi connectivity index (χ1v) is 5.81. The van der Waals surface area contributed by atoms with Crippen molar-refractivity contribution in [1.29, 1.82) is 0 Å². The molecule has 1 aliphatic rings. The fourth-order valence-electron chi connectivity index (χ4n) is 1.79. The first-order valence-electron chi connectivity index (χ1n) is 5.28. The Morgan fingerprint density at radius 1 is 1.62 bits per heavy atom. The maximum atomic E-state index is 11.7. The zero-order chi connectivity index (χ0) is 11.5. The molecule has 86 valence electrons. The van der Waals surface area contributed by atoms with Crippen LogP contribution in [0.2, 0.25) is 0 Å². The van der Waals surface area contributed by atoms with Crippen molar-refractivity contribution >= 4 is 17.6 Å². The summed E-state index contributed by atoms with van der Waals surface area (Å²) in [4.78, 5) is 11.7. The van der Waals surface area contributed by atoms with Gasteiger partial charge in [-0.05, 0) is 18.6 Å². The average molecular weight is 241 g/mol. The molecule has 3 nitrogen and oxygen atoms in total. The van der Waals surface area contributed by atoms with E-state index in [-0.39, 0.29) is 12.1 Å². The van der Waals surface area contributed by atoms with Crippen molar-refractivity contribution < 1.29 is 14.3 Å². The second kappa shape index (κ2) is 4.74. The Kier molecular flexibility index (Phi) is 3.34. The largest absolute Gasteiger partial charge is 0.488 e. The summed E-state index contributed by atoms with van der Waals surface area (Å²) in [5, 5.41) is 0. The Bertz CT molecular complexity index is 403. The molecule has 1 unspecified atom stereocenters. The highest BCUT2D eigenvalue weighted by molar-refractivity contribution is 6.18. The first-order chi connectivity index (χ1) is 7.76. The SMILES string of the molecule is CCOC(=O)c1cccc2c1OC(CCl)C2. The minimum atomic E-state index is -0.338. The second-order valence-corrected chi connectivity index (χ2v) is 3.92. The van der Waals surface area contributed by atoms with Gasteiger partial charge in [0.2, 0.25) is 0 Å². The molecule has 16 heavy (non-hydrogen) atoms. The third-order valence-corrected chi connectivity index (χ3v) is 2.84. The summed E-state index contributed by atoms with van der Waals surface area (Å²) in [6, 6.07) is 5.50. The Morgan fingerprint density at radius 3 is 3.12 bits per heavy atom. The number of carbonyl (C=O) groups is 1. The van der Waals surface area contributed by atoms with Crippen LogP contribution in [0, 0.1) is 0 Å². The Morgan fingerprint density at radius 2 is 2.44 bits per heavy atom. The standard InChI is InChI=1S/C12H13ClO3/c1-2-15-12(14)10-5-3-4-8-6-9(7-13)16-11(8)10/h3-5,9H,2,6-7H2,1H3. The Balaban J connectivity index is 2.29. The van der Waals surface area contributed by atoms with Crippen LogP contribution < -0.4 is 4.74 Å². The lowest BCUT2D eigenvalue weighted by atomic mass is 10.1. The van der Waals surface area contributed by atoms with E-state index in [9.17, 15) is 4.79 Å². The van der Waals surface area contributed by atoms with Crippen LogP contribution in [0.4, 0.5) is 0 Å². The van der Waals surface area contributed by atoms with E-state index >= 15 is 0 Å². The summed E-state index contributed by atoms with van der Waals surface area (Å²) in [5.74, 6) is 0.720. The van der Waals surface area contributed by atoms with Gasteiger partial charge in [0.25, 0.3) is 0 Å². The van der Waals surface area contributed by atoms with E-state index in [0.717, 1.165) is 12.0 Å². The van der Waals surface area contributed by atoms with Gasteiger partial charge in [0.05, 0.1) is 12.5 Å². The number of carbonyl (C=O) groups excluding carboxylic acids is 1. The van der Waals surface area contributed by atoms with Gasteiger partial charge < -0.3 is 9.47 Å². The molecule has 0 N–H and O–H groups in total. The van der Waals surface area contributed by atoms with Gasteiger partial charge in [-0.1, -0.05) is 12.1 Å². The third-order valence-electron chi connectivity index (χ3n) is 2.50. The Labute approximate surface area is 99.3 Å². The molecule has 0 fully saturated rings. The lowest BCUT2D eigenvalue weighted by molar-refractivity contribution is 0.0521. The molecule has 0 saturated carbocycles. The van der Waals surface area contributed by atoms with Gasteiger partial charge in [-0.2, -0.15) is 0 Å². The minimum absolute atomic E-state index is 0.0350. The predicted molar refractivity (Wildman–Crippen MR) is 61.2 cm³/mol. The number of alkyl halides is 1. The van der Waals surface area contributed by atoms with Crippen molar-refractivity contribution in [3.63, 3.8) is 0 Å². The zero-order valence-electron chi connectivity index (χ0n) is 9.03. The van der Waals surface area contributed by atoms with Crippen molar-refractivity contribution in [1.82, 2.24) is 0 Å². The lowest BCUT2D eigenvalue weighted by Crippen LogP contribution is -2.15. The maximum absolute atomic E-state index is 11.7. The molecule has 1 aromatic carbocycles. The van der Waals surface area contributed by atoms with E-state index in [1.165, 1.54) is 0 Å². The molecule has 1 heterocycles. The molecule has 1 aliphatic heterocycles. The van der Waals surface area contributed by atoms with E-state index in [4.69, 9.17) is 21.1 Å². The van der Waals surface area contributed by atoms with Crippen molar-refractivity contribution in [2.24, 2.45) is 0 Å². The first kappa shape index (κ1) is 11.3. The molecular formula is C12H13ClO3. The summed E-state index contributed by atoms with van der Waals surface area (Å²) in [6.45, 7) is 2.14. The average Bonchev–Trinajstić information content (AvgIpc) is 2.71. The van der Waals surface area contributed by atoms with Crippen LogP contribution in [0.1, 0.15) is 22.8 Å². The van der Waals surface area contributed by atoms with Crippen LogP contribution in [0.5, 0.6) is 5.75 Å². The zero-order valence-corrected chi connectivity index (χ0v) is 9.79. The predicted octanol–water partition coefficient (Wildman–Crippen LogP) is 2.41. The molecule has 0 bridgehead atoms. The van der Waals surface area contributed by atoms with E-state index < -0.39 is 0 Å². The fraction of sp³-hybridized carbons (Fsp3) is 0.417. The second-order valence-electron chi connectivity index (χ2n) is 3.61. The van der Waals surface area contributed by atoms with Crippen molar-refractivity contribution in [2.45, 2.75) is 19.4 Å². The summed E-state index contributed by atoms with van der Waals surface area (Å²) in [6.07, 6.45) is 0.721. The monoisotopic (exact) mass is 240 g/mol. The number of hydrogen-bond acceptors (Lipinski definition) is 3. The highest BCUT2D eigenvalue weighted by Crippen LogP contribution is 2.33. The smallest absolute Gasteiger partial charge is 0.341 e. The molecule has 0 aromatic heterocycles. The number of ether oxygens (including phenoxy) is 2. The van der Waals surface area contributed by atoms with Gasteiger partial charge in [0, 0.05) is 6.42 Å². The minimum Gasteiger partial charge on any atom is -0.488 e. The van der Waals surface area contributed by atoms with Crippen LogP contribution in [0.25, 0.3) is 0 Å². The van der Waals surface area contributed by atoms with Gasteiger partial charge in [-0.15, -0.1) is 11.6 Å². The molecule has 0 spiro atoms. The van der Waals surface area contributed by atoms with Crippen LogP contribution in [0.3, 0.4) is 0 Å². The lowest BCUT2D eigenvalue weighted by Gasteiger charge is -2.09. The van der Waals surface area contributed by atoms with E-state index in [0.29, 0.717) is 23.8 Å². The number of benzene rings is 1. The summed E-state index contributed by atoms with van der Waals surface area (Å²) in [7, 11) is 0. The molecule has 0 saturated heterocycles. The van der Waals surface area contributed by atoms with Gasteiger partial charge >= 0.3 is 5.97 Å². The molecule has 0 amide bonds. The Hall–Kier alpha value is -1.22. The number of hydrogen-bond donors (Lipinski definition) is 0. The van der Waals surface area contributed by atoms with Crippen LogP contribution in [-0.4, -0.2) is 24.6 Å². The van der Waals surface area contributed by atoms with Crippen LogP contribution in [0.15, 0.2) is 18.2 Å². The van der Waals surface area contributed by atoms with Gasteiger partial charge in [0.1, 0.15) is 17.4 Å². The summed E-state index contributed by atoms with van der Waals surface area (Å²) >= 11 is 5.75. The quantitative estimate of drug-likeness (QED) is 0.601. The maximum Gasteiger partial charge on any atom is 0.341 e. The van der Waals surface area contributed by atoms with Crippen molar-refractivity contribution in [2.75, 3.05) is 12.5 Å². The summed E-state index contributed by atoms with van der Waals surface area (Å²) < 4.78 is 10.6. The van der Waals surface area contributed by atoms with Crippen LogP contribution >= 0.6 is 11.6 Å². The number of fused-ring (bicyclic) bond motifs is 1. The van der Waals surface area contributed by atoms with Gasteiger partial charge in [-0.3, -0.25) is 0 Å². The normalized spacial score (nSPS) is 17.8. The number of rotatable bonds is 3. The number of para-hydroxylation sites is 1. The van der Waals surface area contributed by atoms with E-state index in [2.05, 4.69) is 0 Å². The summed E-state index contributed by atoms with van der Waals surface area (Å²) in [5.41, 5.74) is 1.52. The van der Waals surface area contributed by atoms with E-state index in [1.807, 2.05) is 12.1 Å². The van der Waals surface area contributed by atoms with Gasteiger partial charge in [0.15, 0.2) is 0 Å². The van der Waals surface area contributed by atoms with E-state index in [1.54, 1.807) is 13.0 Å². The molecule has 2 rings (SSSR count). The molecule has 1 atom stereocenters. The third kappa shape index (κ3) is 2.00. The highest BCUT2D eigenvalue weighted by Gasteiger charge is 2.27.